The summed E-state index contributed by atoms with van der Waals surface area (Å²) < 4.78 is 5.79. The summed E-state index contributed by atoms with van der Waals surface area (Å²) in [6, 6.07) is 14.2. The third kappa shape index (κ3) is 8.43. The average Bonchev–Trinajstić information content (AvgIpc) is 2.74. The second-order valence-corrected chi connectivity index (χ2v) is 7.25. The zero-order valence-electron chi connectivity index (χ0n) is 18.1. The first kappa shape index (κ1) is 25.5. The first-order valence-electron chi connectivity index (χ1n) is 10.1. The highest BCUT2D eigenvalue weighted by Crippen LogP contribution is 2.19. The zero-order valence-corrected chi connectivity index (χ0v) is 18.9. The molecule has 0 heterocycles. The Morgan fingerprint density at radius 2 is 1.57 bits per heavy atom. The number of nitrogens with two attached hydrogens (primary N) is 1. The van der Waals surface area contributed by atoms with Crippen molar-refractivity contribution in [2.24, 2.45) is 5.73 Å². The number of rotatable bonds is 9. The molecule has 30 heavy (non-hydrogen) atoms. The third-order valence-electron chi connectivity index (χ3n) is 4.08. The molecular weight excluding hydrogens is 402 g/mol. The van der Waals surface area contributed by atoms with Gasteiger partial charge in [0.05, 0.1) is 0 Å². The maximum atomic E-state index is 12.1. The molecule has 0 saturated carbocycles. The van der Waals surface area contributed by atoms with Crippen LogP contribution in [0, 0.1) is 0 Å². The van der Waals surface area contributed by atoms with Crippen molar-refractivity contribution in [1.29, 1.82) is 0 Å². The van der Waals surface area contributed by atoms with Crippen LogP contribution in [0.2, 0.25) is 5.02 Å². The molecule has 7 heteroatoms. The van der Waals surface area contributed by atoms with Gasteiger partial charge >= 0.3 is 0 Å². The van der Waals surface area contributed by atoms with Crippen LogP contribution in [0.25, 0.3) is 0 Å². The number of halogens is 1. The molecular formula is C23H32ClN3O3. The van der Waals surface area contributed by atoms with E-state index in [0.717, 1.165) is 5.56 Å². The van der Waals surface area contributed by atoms with Crippen LogP contribution in [0.5, 0.6) is 5.75 Å². The van der Waals surface area contributed by atoms with Crippen molar-refractivity contribution in [2.75, 3.05) is 19.6 Å². The van der Waals surface area contributed by atoms with Crippen molar-refractivity contribution in [3.05, 3.63) is 64.7 Å². The van der Waals surface area contributed by atoms with Gasteiger partial charge in [-0.25, -0.2) is 0 Å². The van der Waals surface area contributed by atoms with Crippen LogP contribution in [-0.2, 0) is 11.2 Å². The summed E-state index contributed by atoms with van der Waals surface area (Å²) in [5.41, 5.74) is 6.03. The van der Waals surface area contributed by atoms with Gasteiger partial charge in [0.2, 0.25) is 0 Å². The molecule has 2 amide bonds. The Labute approximate surface area is 184 Å². The van der Waals surface area contributed by atoms with Crippen molar-refractivity contribution < 1.29 is 14.3 Å². The highest BCUT2D eigenvalue weighted by atomic mass is 35.5. The standard InChI is InChI=1S/C21H26ClN3O3.C2H6/c1-21(2,20(27)25-14-12-23)28-18-9-3-15(4-10-18)11-13-24-19(26)16-5-7-17(22)8-6-16;1-2/h3-10H,11-14,23H2,1-2H3,(H,24,26)(H,25,27);1-2H3. The van der Waals surface area contributed by atoms with E-state index in [0.29, 0.717) is 42.4 Å². The van der Waals surface area contributed by atoms with Gasteiger partial charge < -0.3 is 21.1 Å². The van der Waals surface area contributed by atoms with Gasteiger partial charge in [-0.1, -0.05) is 37.6 Å². The largest absolute Gasteiger partial charge is 0.478 e. The molecule has 6 nitrogen and oxygen atoms in total. The Morgan fingerprint density at radius 1 is 0.967 bits per heavy atom. The minimum absolute atomic E-state index is 0.137. The first-order chi connectivity index (χ1) is 14.3. The van der Waals surface area contributed by atoms with E-state index in [1.54, 1.807) is 38.1 Å². The molecule has 0 aliphatic rings. The van der Waals surface area contributed by atoms with Gasteiger partial charge in [0, 0.05) is 30.2 Å². The summed E-state index contributed by atoms with van der Waals surface area (Å²) in [5, 5.41) is 6.20. The molecule has 0 bridgehead atoms. The number of ether oxygens (including phenoxy) is 1. The fourth-order valence-electron chi connectivity index (χ4n) is 2.49. The van der Waals surface area contributed by atoms with Gasteiger partial charge in [0.15, 0.2) is 5.60 Å². The maximum Gasteiger partial charge on any atom is 0.263 e. The quantitative estimate of drug-likeness (QED) is 0.563. The summed E-state index contributed by atoms with van der Waals surface area (Å²) in [7, 11) is 0. The molecule has 0 saturated heterocycles. The molecule has 2 rings (SSSR count). The Hall–Kier alpha value is -2.57. The lowest BCUT2D eigenvalue weighted by atomic mass is 10.1. The average molecular weight is 434 g/mol. The number of hydrogen-bond donors (Lipinski definition) is 3. The van der Waals surface area contributed by atoms with Crippen molar-refractivity contribution in [2.45, 2.75) is 39.7 Å². The number of benzene rings is 2. The Bertz CT molecular complexity index is 790. The monoisotopic (exact) mass is 433 g/mol. The minimum Gasteiger partial charge on any atom is -0.478 e. The van der Waals surface area contributed by atoms with Gasteiger partial charge in [-0.15, -0.1) is 0 Å². The molecule has 4 N–H and O–H groups in total. The van der Waals surface area contributed by atoms with E-state index in [1.807, 2.05) is 38.1 Å². The van der Waals surface area contributed by atoms with Crippen LogP contribution in [0.15, 0.2) is 48.5 Å². The van der Waals surface area contributed by atoms with Crippen LogP contribution in [0.4, 0.5) is 0 Å². The van der Waals surface area contributed by atoms with E-state index >= 15 is 0 Å². The molecule has 164 valence electrons. The second kappa shape index (κ2) is 12.9. The molecule has 0 aliphatic heterocycles. The van der Waals surface area contributed by atoms with Gasteiger partial charge in [-0.3, -0.25) is 9.59 Å². The second-order valence-electron chi connectivity index (χ2n) is 6.81. The topological polar surface area (TPSA) is 93.4 Å². The van der Waals surface area contributed by atoms with Crippen molar-refractivity contribution in [1.82, 2.24) is 10.6 Å². The molecule has 2 aromatic carbocycles. The van der Waals surface area contributed by atoms with E-state index < -0.39 is 5.60 Å². The van der Waals surface area contributed by atoms with Crippen LogP contribution in [0.3, 0.4) is 0 Å². The molecule has 0 aliphatic carbocycles. The van der Waals surface area contributed by atoms with Crippen molar-refractivity contribution in [3.63, 3.8) is 0 Å². The predicted octanol–water partition coefficient (Wildman–Crippen LogP) is 3.57. The summed E-state index contributed by atoms with van der Waals surface area (Å²) in [4.78, 5) is 24.2. The Kier molecular flexibility index (Phi) is 10.9. The van der Waals surface area contributed by atoms with Gasteiger partial charge in [-0.05, 0) is 62.2 Å². The van der Waals surface area contributed by atoms with Gasteiger partial charge in [0.1, 0.15) is 5.75 Å². The van der Waals surface area contributed by atoms with Crippen LogP contribution < -0.4 is 21.1 Å². The van der Waals surface area contributed by atoms with E-state index in [9.17, 15) is 9.59 Å². The predicted molar refractivity (Wildman–Crippen MR) is 122 cm³/mol. The summed E-state index contributed by atoms with van der Waals surface area (Å²) in [6.45, 7) is 8.71. The van der Waals surface area contributed by atoms with E-state index in [4.69, 9.17) is 22.1 Å². The Morgan fingerprint density at radius 3 is 2.13 bits per heavy atom. The molecule has 2 aromatic rings. The van der Waals surface area contributed by atoms with Gasteiger partial charge in [-0.2, -0.15) is 0 Å². The lowest BCUT2D eigenvalue weighted by Gasteiger charge is -2.25. The Balaban J connectivity index is 0.00000218. The lowest BCUT2D eigenvalue weighted by Crippen LogP contribution is -2.47. The van der Waals surface area contributed by atoms with E-state index in [2.05, 4.69) is 10.6 Å². The van der Waals surface area contributed by atoms with Crippen LogP contribution in [-0.4, -0.2) is 37.0 Å². The zero-order chi connectivity index (χ0) is 22.6. The van der Waals surface area contributed by atoms with Crippen molar-refractivity contribution >= 4 is 23.4 Å². The fraction of sp³-hybridized carbons (Fsp3) is 0.391. The molecule has 0 unspecified atom stereocenters. The van der Waals surface area contributed by atoms with E-state index in [-0.39, 0.29) is 11.8 Å². The number of hydrogen-bond acceptors (Lipinski definition) is 4. The molecule has 0 fully saturated rings. The summed E-state index contributed by atoms with van der Waals surface area (Å²) in [5.74, 6) is 0.246. The van der Waals surface area contributed by atoms with Gasteiger partial charge in [0.25, 0.3) is 11.8 Å². The number of nitrogens with one attached hydrogen (secondary N) is 2. The molecule has 0 atom stereocenters. The number of carbonyl (C=O) groups is 2. The molecule has 0 aromatic heterocycles. The third-order valence-corrected chi connectivity index (χ3v) is 4.33. The normalized spacial score (nSPS) is 10.5. The molecule has 0 radical (unpaired) electrons. The molecule has 0 spiro atoms. The first-order valence-corrected chi connectivity index (χ1v) is 10.5. The van der Waals surface area contributed by atoms with E-state index in [1.165, 1.54) is 0 Å². The smallest absolute Gasteiger partial charge is 0.263 e. The van der Waals surface area contributed by atoms with Crippen LogP contribution >= 0.6 is 11.6 Å². The maximum absolute atomic E-state index is 12.1. The minimum atomic E-state index is -0.997. The fourth-order valence-corrected chi connectivity index (χ4v) is 2.61. The summed E-state index contributed by atoms with van der Waals surface area (Å²) >= 11 is 5.82. The lowest BCUT2D eigenvalue weighted by molar-refractivity contribution is -0.134. The highest BCUT2D eigenvalue weighted by molar-refractivity contribution is 6.30. The summed E-state index contributed by atoms with van der Waals surface area (Å²) in [6.07, 6.45) is 0.681. The SMILES string of the molecule is CC.CC(C)(Oc1ccc(CCNC(=O)c2ccc(Cl)cc2)cc1)C(=O)NCCN. The number of carbonyl (C=O) groups excluding carboxylic acids is 2. The highest BCUT2D eigenvalue weighted by Gasteiger charge is 2.29. The number of amides is 2. The van der Waals surface area contributed by atoms with Crippen LogP contribution in [0.1, 0.15) is 43.6 Å². The van der Waals surface area contributed by atoms with Crippen molar-refractivity contribution in [3.8, 4) is 5.75 Å².